The normalized spacial score (nSPS) is 25.2. The number of hydrogen-bond donors (Lipinski definition) is 2. The second kappa shape index (κ2) is 11.3. The number of nitrogens with one attached hydrogen (secondary N) is 2. The quantitative estimate of drug-likeness (QED) is 0.807. The number of piperidine rings is 1. The van der Waals surface area contributed by atoms with Gasteiger partial charge in [-0.05, 0) is 31.9 Å². The number of thioether (sulfide) groups is 1. The summed E-state index contributed by atoms with van der Waals surface area (Å²) in [4.78, 5) is 15.4. The van der Waals surface area contributed by atoms with Crippen molar-refractivity contribution in [3.05, 3.63) is 35.9 Å². The molecule has 2 saturated heterocycles. The van der Waals surface area contributed by atoms with Gasteiger partial charge in [0.15, 0.2) is 0 Å². The van der Waals surface area contributed by atoms with Crippen LogP contribution < -0.4 is 10.6 Å². The molecule has 1 aromatic carbocycles. The molecular formula is C18H29Cl2N3OS. The van der Waals surface area contributed by atoms with Gasteiger partial charge < -0.3 is 10.6 Å². The molecule has 2 N–H and O–H groups in total. The minimum atomic E-state index is -0.151. The summed E-state index contributed by atoms with van der Waals surface area (Å²) in [5.41, 5.74) is 1.11. The molecule has 2 aliphatic heterocycles. The fourth-order valence-corrected chi connectivity index (χ4v) is 4.47. The third kappa shape index (κ3) is 6.33. The van der Waals surface area contributed by atoms with Crippen molar-refractivity contribution in [3.8, 4) is 0 Å². The molecule has 2 heterocycles. The van der Waals surface area contributed by atoms with Gasteiger partial charge in [-0.15, -0.1) is 24.8 Å². The first kappa shape index (κ1) is 22.6. The summed E-state index contributed by atoms with van der Waals surface area (Å²) in [6.07, 6.45) is 2.04. The predicted molar refractivity (Wildman–Crippen MR) is 111 cm³/mol. The van der Waals surface area contributed by atoms with Crippen LogP contribution in [0.1, 0.15) is 31.4 Å². The van der Waals surface area contributed by atoms with Crippen molar-refractivity contribution >= 4 is 42.5 Å². The number of amides is 1. The van der Waals surface area contributed by atoms with Gasteiger partial charge in [0.05, 0.1) is 0 Å². The van der Waals surface area contributed by atoms with Crippen LogP contribution in [0.25, 0.3) is 0 Å². The van der Waals surface area contributed by atoms with Crippen molar-refractivity contribution in [1.29, 1.82) is 0 Å². The van der Waals surface area contributed by atoms with E-state index in [1.807, 2.05) is 30.0 Å². The molecule has 1 aromatic rings. The molecule has 2 fully saturated rings. The van der Waals surface area contributed by atoms with Crippen LogP contribution in [0.5, 0.6) is 0 Å². The van der Waals surface area contributed by atoms with Crippen LogP contribution in [0, 0.1) is 0 Å². The molecule has 0 aromatic heterocycles. The fourth-order valence-electron chi connectivity index (χ4n) is 3.54. The molecule has 3 rings (SSSR count). The molecule has 3 atom stereocenters. The van der Waals surface area contributed by atoms with E-state index in [4.69, 9.17) is 0 Å². The zero-order chi connectivity index (χ0) is 16.1. The maximum atomic E-state index is 13.0. The van der Waals surface area contributed by atoms with Gasteiger partial charge in [-0.25, -0.2) is 0 Å². The lowest BCUT2D eigenvalue weighted by molar-refractivity contribution is -0.127. The van der Waals surface area contributed by atoms with Crippen molar-refractivity contribution < 1.29 is 4.79 Å². The summed E-state index contributed by atoms with van der Waals surface area (Å²) in [7, 11) is 0. The molecule has 7 heteroatoms. The molecule has 142 valence electrons. The predicted octanol–water partition coefficient (Wildman–Crippen LogP) is 2.88. The topological polar surface area (TPSA) is 44.4 Å². The van der Waals surface area contributed by atoms with Crippen molar-refractivity contribution in [2.45, 2.75) is 37.9 Å². The van der Waals surface area contributed by atoms with E-state index >= 15 is 0 Å². The molecule has 0 bridgehead atoms. The number of carbonyl (C=O) groups is 1. The summed E-state index contributed by atoms with van der Waals surface area (Å²) in [6.45, 7) is 5.15. The molecule has 25 heavy (non-hydrogen) atoms. The van der Waals surface area contributed by atoms with E-state index in [0.717, 1.165) is 49.5 Å². The number of halogens is 2. The Bertz CT molecular complexity index is 514. The summed E-state index contributed by atoms with van der Waals surface area (Å²) in [6, 6.07) is 10.9. The van der Waals surface area contributed by atoms with Crippen LogP contribution >= 0.6 is 36.6 Å². The van der Waals surface area contributed by atoms with Gasteiger partial charge in [0.1, 0.15) is 6.04 Å². The van der Waals surface area contributed by atoms with E-state index in [-0.39, 0.29) is 36.8 Å². The summed E-state index contributed by atoms with van der Waals surface area (Å²) < 4.78 is 0. The zero-order valence-corrected chi connectivity index (χ0v) is 17.1. The van der Waals surface area contributed by atoms with E-state index in [0.29, 0.717) is 12.1 Å². The Balaban J connectivity index is 0.00000156. The number of nitrogens with zero attached hydrogens (tertiary/aromatic N) is 1. The number of benzene rings is 1. The Morgan fingerprint density at radius 1 is 1.24 bits per heavy atom. The number of carbonyl (C=O) groups excluding carboxylic acids is 1. The van der Waals surface area contributed by atoms with E-state index in [1.54, 1.807) is 0 Å². The summed E-state index contributed by atoms with van der Waals surface area (Å²) in [5.74, 6) is 2.39. The third-order valence-electron chi connectivity index (χ3n) is 4.74. The highest BCUT2D eigenvalue weighted by Gasteiger charge is 2.31. The first-order valence-corrected chi connectivity index (χ1v) is 9.80. The van der Waals surface area contributed by atoms with E-state index < -0.39 is 0 Å². The first-order valence-electron chi connectivity index (χ1n) is 8.64. The van der Waals surface area contributed by atoms with Crippen molar-refractivity contribution in [2.24, 2.45) is 0 Å². The second-order valence-corrected chi connectivity index (χ2v) is 7.77. The maximum absolute atomic E-state index is 13.0. The molecule has 0 radical (unpaired) electrons. The smallest absolute Gasteiger partial charge is 0.242 e. The summed E-state index contributed by atoms with van der Waals surface area (Å²) >= 11 is 1.98. The monoisotopic (exact) mass is 405 g/mol. The molecule has 0 spiro atoms. The lowest BCUT2D eigenvalue weighted by Crippen LogP contribution is -2.51. The zero-order valence-electron chi connectivity index (χ0n) is 14.6. The maximum Gasteiger partial charge on any atom is 0.242 e. The van der Waals surface area contributed by atoms with Gasteiger partial charge in [0, 0.05) is 36.7 Å². The largest absolute Gasteiger partial charge is 0.352 e. The van der Waals surface area contributed by atoms with Gasteiger partial charge in [-0.2, -0.15) is 11.8 Å². The highest BCUT2D eigenvalue weighted by molar-refractivity contribution is 7.99. The Morgan fingerprint density at radius 3 is 2.56 bits per heavy atom. The van der Waals surface area contributed by atoms with Crippen LogP contribution in [-0.4, -0.2) is 54.0 Å². The lowest BCUT2D eigenvalue weighted by atomic mass is 9.98. The van der Waals surface area contributed by atoms with Crippen molar-refractivity contribution in [3.63, 3.8) is 0 Å². The molecular weight excluding hydrogens is 377 g/mol. The molecule has 1 amide bonds. The highest BCUT2D eigenvalue weighted by atomic mass is 35.5. The van der Waals surface area contributed by atoms with Gasteiger partial charge in [-0.1, -0.05) is 30.3 Å². The van der Waals surface area contributed by atoms with Gasteiger partial charge in [0.2, 0.25) is 5.91 Å². The van der Waals surface area contributed by atoms with Crippen LogP contribution in [0.2, 0.25) is 0 Å². The first-order chi connectivity index (χ1) is 11.2. The Kier molecular flexibility index (Phi) is 10.2. The fraction of sp³-hybridized carbons (Fsp3) is 0.611. The standard InChI is InChI=1S/C18H27N3OS.2ClH/c1-14-13-16(7-8-19-14)20-18(22)17(15-5-3-2-4-6-15)21-9-11-23-12-10-21;;/h2-6,14,16-17,19H,7-13H2,1H3,(H,20,22);2*1H. The average molecular weight is 406 g/mol. The molecule has 0 saturated carbocycles. The Hall–Kier alpha value is -0.460. The minimum Gasteiger partial charge on any atom is -0.352 e. The SMILES string of the molecule is CC1CC(NC(=O)C(c2ccccc2)N2CCSCC2)CCN1.Cl.Cl. The number of rotatable bonds is 4. The average Bonchev–Trinajstić information content (AvgIpc) is 2.57. The van der Waals surface area contributed by atoms with Gasteiger partial charge >= 0.3 is 0 Å². The number of hydrogen-bond acceptors (Lipinski definition) is 4. The lowest BCUT2D eigenvalue weighted by Gasteiger charge is -2.36. The van der Waals surface area contributed by atoms with Crippen molar-refractivity contribution in [2.75, 3.05) is 31.1 Å². The van der Waals surface area contributed by atoms with Crippen LogP contribution in [0.3, 0.4) is 0 Å². The molecule has 3 unspecified atom stereocenters. The molecule has 0 aliphatic carbocycles. The van der Waals surface area contributed by atoms with Gasteiger partial charge in [-0.3, -0.25) is 9.69 Å². The van der Waals surface area contributed by atoms with Crippen LogP contribution in [0.4, 0.5) is 0 Å². The highest BCUT2D eigenvalue weighted by Crippen LogP contribution is 2.25. The Labute approximate surface area is 167 Å². The van der Waals surface area contributed by atoms with E-state index in [1.165, 1.54) is 0 Å². The third-order valence-corrected chi connectivity index (χ3v) is 5.69. The minimum absolute atomic E-state index is 0. The van der Waals surface area contributed by atoms with Crippen LogP contribution in [0.15, 0.2) is 30.3 Å². The van der Waals surface area contributed by atoms with Gasteiger partial charge in [0.25, 0.3) is 0 Å². The van der Waals surface area contributed by atoms with Crippen LogP contribution in [-0.2, 0) is 4.79 Å². The van der Waals surface area contributed by atoms with E-state index in [2.05, 4.69) is 34.6 Å². The second-order valence-electron chi connectivity index (χ2n) is 6.55. The Morgan fingerprint density at radius 2 is 1.92 bits per heavy atom. The van der Waals surface area contributed by atoms with Crippen molar-refractivity contribution in [1.82, 2.24) is 15.5 Å². The van der Waals surface area contributed by atoms with E-state index in [9.17, 15) is 4.79 Å². The molecule has 4 nitrogen and oxygen atoms in total. The summed E-state index contributed by atoms with van der Waals surface area (Å²) in [5, 5.41) is 6.76. The molecule has 2 aliphatic rings.